The Bertz CT molecular complexity index is 785. The SMILES string of the molecule is Cn1nc(C(F)F)cc1S(=O)(=O)C(C)(F)C1CCNCC1.O=C(O)C(F)(F)F. The molecule has 0 saturated carbocycles. The fourth-order valence-electron chi connectivity index (χ4n) is 2.59. The van der Waals surface area contributed by atoms with E-state index < -0.39 is 50.0 Å². The summed E-state index contributed by atoms with van der Waals surface area (Å²) >= 11 is 0. The van der Waals surface area contributed by atoms with E-state index in [-0.39, 0.29) is 0 Å². The average Bonchev–Trinajstić information content (AvgIpc) is 2.98. The maximum atomic E-state index is 15.0. The molecule has 1 aromatic rings. The Balaban J connectivity index is 0.000000480. The number of sulfone groups is 1. The number of alkyl halides is 6. The first-order chi connectivity index (χ1) is 12.6. The van der Waals surface area contributed by atoms with E-state index in [0.717, 1.165) is 17.7 Å². The second-order valence-corrected chi connectivity index (χ2v) is 8.37. The molecule has 2 N–H and O–H groups in total. The van der Waals surface area contributed by atoms with Gasteiger partial charge in [-0.3, -0.25) is 4.68 Å². The van der Waals surface area contributed by atoms with Crippen LogP contribution in [0.15, 0.2) is 11.1 Å². The maximum Gasteiger partial charge on any atom is 0.490 e. The van der Waals surface area contributed by atoms with E-state index in [0.29, 0.717) is 25.9 Å². The van der Waals surface area contributed by atoms with E-state index in [1.54, 1.807) is 0 Å². The highest BCUT2D eigenvalue weighted by atomic mass is 32.2. The van der Waals surface area contributed by atoms with Crippen molar-refractivity contribution in [3.63, 3.8) is 0 Å². The number of aryl methyl sites for hydroxylation is 1. The molecule has 0 amide bonds. The van der Waals surface area contributed by atoms with Crippen molar-refractivity contribution in [2.24, 2.45) is 13.0 Å². The monoisotopic (exact) mass is 439 g/mol. The Morgan fingerprint density at radius 1 is 1.29 bits per heavy atom. The first kappa shape index (κ1) is 24.2. The van der Waals surface area contributed by atoms with Gasteiger partial charge < -0.3 is 10.4 Å². The first-order valence-corrected chi connectivity index (χ1v) is 9.37. The highest BCUT2D eigenvalue weighted by molar-refractivity contribution is 7.92. The first-order valence-electron chi connectivity index (χ1n) is 7.88. The average molecular weight is 439 g/mol. The van der Waals surface area contributed by atoms with Crippen molar-refractivity contribution < 1.29 is 44.7 Å². The Morgan fingerprint density at radius 2 is 1.75 bits per heavy atom. The van der Waals surface area contributed by atoms with Crippen LogP contribution in [0.5, 0.6) is 0 Å². The van der Waals surface area contributed by atoms with Crippen molar-refractivity contribution in [1.29, 1.82) is 0 Å². The number of halogens is 6. The number of aliphatic carboxylic acids is 1. The van der Waals surface area contributed by atoms with E-state index >= 15 is 0 Å². The molecule has 1 unspecified atom stereocenters. The van der Waals surface area contributed by atoms with E-state index in [1.807, 2.05) is 0 Å². The number of carbonyl (C=O) groups is 1. The summed E-state index contributed by atoms with van der Waals surface area (Å²) in [6, 6.07) is 0.749. The summed E-state index contributed by atoms with van der Waals surface area (Å²) in [4.78, 5) is 8.90. The van der Waals surface area contributed by atoms with Crippen LogP contribution in [0.3, 0.4) is 0 Å². The topological polar surface area (TPSA) is 101 Å². The zero-order valence-electron chi connectivity index (χ0n) is 14.8. The molecule has 0 bridgehead atoms. The van der Waals surface area contributed by atoms with Crippen molar-refractivity contribution in [2.75, 3.05) is 13.1 Å². The van der Waals surface area contributed by atoms with Crippen molar-refractivity contribution >= 4 is 15.8 Å². The summed E-state index contributed by atoms with van der Waals surface area (Å²) in [6.45, 7) is 2.08. The van der Waals surface area contributed by atoms with Gasteiger partial charge in [0.05, 0.1) is 0 Å². The molecule has 0 aromatic carbocycles. The van der Waals surface area contributed by atoms with Crippen LogP contribution in [0.4, 0.5) is 26.3 Å². The lowest BCUT2D eigenvalue weighted by Crippen LogP contribution is -2.44. The quantitative estimate of drug-likeness (QED) is 0.699. The number of hydrogen-bond donors (Lipinski definition) is 2. The number of aromatic nitrogens is 2. The third kappa shape index (κ3) is 5.37. The molecule has 162 valence electrons. The molecule has 1 aromatic heterocycles. The van der Waals surface area contributed by atoms with Gasteiger partial charge in [-0.2, -0.15) is 18.3 Å². The minimum Gasteiger partial charge on any atom is -0.475 e. The van der Waals surface area contributed by atoms with Crippen molar-refractivity contribution in [3.8, 4) is 0 Å². The van der Waals surface area contributed by atoms with Gasteiger partial charge in [0.1, 0.15) is 5.69 Å². The smallest absolute Gasteiger partial charge is 0.475 e. The second-order valence-electron chi connectivity index (χ2n) is 6.15. The predicted octanol–water partition coefficient (Wildman–Crippen LogP) is 2.45. The molecular formula is C14H19F6N3O4S. The zero-order chi connectivity index (χ0) is 21.9. The number of rotatable bonds is 4. The molecule has 0 spiro atoms. The number of piperidine rings is 1. The molecule has 1 aliphatic rings. The van der Waals surface area contributed by atoms with Gasteiger partial charge in [-0.05, 0) is 32.9 Å². The molecule has 14 heteroatoms. The molecule has 1 atom stereocenters. The van der Waals surface area contributed by atoms with Crippen molar-refractivity contribution in [3.05, 3.63) is 11.8 Å². The van der Waals surface area contributed by atoms with Gasteiger partial charge in [0, 0.05) is 19.0 Å². The third-order valence-electron chi connectivity index (χ3n) is 4.19. The maximum absolute atomic E-state index is 15.0. The van der Waals surface area contributed by atoms with Gasteiger partial charge in [0.25, 0.3) is 6.43 Å². The molecule has 1 fully saturated rings. The molecule has 0 radical (unpaired) electrons. The molecule has 1 aliphatic heterocycles. The Hall–Kier alpha value is -1.83. The minimum absolute atomic E-state index is 0.381. The molecule has 7 nitrogen and oxygen atoms in total. The van der Waals surface area contributed by atoms with Gasteiger partial charge in [-0.25, -0.2) is 26.4 Å². The normalized spacial score (nSPS) is 18.3. The molecule has 0 aliphatic carbocycles. The van der Waals surface area contributed by atoms with Crippen LogP contribution in [0, 0.1) is 5.92 Å². The van der Waals surface area contributed by atoms with Crippen molar-refractivity contribution in [2.45, 2.75) is 42.4 Å². The van der Waals surface area contributed by atoms with E-state index in [9.17, 15) is 34.8 Å². The Kier molecular flexibility index (Phi) is 7.50. The standard InChI is InChI=1S/C12H18F3N3O2S.C2HF3O2/c1-12(15,8-3-5-16-6-4-8)21(19,20)10-7-9(11(13)14)17-18(10)2;3-2(4,5)1(6)7/h7-8,11,16H,3-6H2,1-2H3;(H,6,7). The Morgan fingerprint density at radius 3 is 2.11 bits per heavy atom. The Labute approximate surface area is 156 Å². The lowest BCUT2D eigenvalue weighted by Gasteiger charge is -2.33. The van der Waals surface area contributed by atoms with Gasteiger partial charge in [0.15, 0.2) is 5.03 Å². The number of carboxylic acids is 1. The highest BCUT2D eigenvalue weighted by Gasteiger charge is 2.49. The van der Waals surface area contributed by atoms with Gasteiger partial charge in [-0.1, -0.05) is 0 Å². The summed E-state index contributed by atoms with van der Waals surface area (Å²) in [5.41, 5.74) is -0.669. The molecule has 1 saturated heterocycles. The van der Waals surface area contributed by atoms with Crippen LogP contribution in [-0.4, -0.2) is 53.5 Å². The lowest BCUT2D eigenvalue weighted by atomic mass is 9.93. The van der Waals surface area contributed by atoms with Gasteiger partial charge in [-0.15, -0.1) is 0 Å². The summed E-state index contributed by atoms with van der Waals surface area (Å²) < 4.78 is 97.8. The molecule has 2 rings (SSSR count). The van der Waals surface area contributed by atoms with Crippen molar-refractivity contribution in [1.82, 2.24) is 15.1 Å². The number of hydrogen-bond acceptors (Lipinski definition) is 5. The van der Waals surface area contributed by atoms with Gasteiger partial charge >= 0.3 is 12.1 Å². The fraction of sp³-hybridized carbons (Fsp3) is 0.714. The van der Waals surface area contributed by atoms with Crippen LogP contribution in [0.25, 0.3) is 0 Å². The minimum atomic E-state index is -5.08. The number of nitrogens with one attached hydrogen (secondary N) is 1. The predicted molar refractivity (Wildman–Crippen MR) is 84.1 cm³/mol. The van der Waals surface area contributed by atoms with Crippen LogP contribution >= 0.6 is 0 Å². The number of nitrogens with zero attached hydrogens (tertiary/aromatic N) is 2. The van der Waals surface area contributed by atoms with Crippen LogP contribution in [0.2, 0.25) is 0 Å². The lowest BCUT2D eigenvalue weighted by molar-refractivity contribution is -0.192. The zero-order valence-corrected chi connectivity index (χ0v) is 15.6. The molecule has 28 heavy (non-hydrogen) atoms. The molecule has 2 heterocycles. The van der Waals surface area contributed by atoms with Crippen LogP contribution < -0.4 is 5.32 Å². The van der Waals surface area contributed by atoms with E-state index in [4.69, 9.17) is 9.90 Å². The van der Waals surface area contributed by atoms with Crippen LogP contribution in [0.1, 0.15) is 31.9 Å². The fourth-order valence-corrected chi connectivity index (χ4v) is 4.34. The largest absolute Gasteiger partial charge is 0.490 e. The van der Waals surface area contributed by atoms with Gasteiger partial charge in [0.2, 0.25) is 14.8 Å². The third-order valence-corrected chi connectivity index (χ3v) is 6.51. The highest BCUT2D eigenvalue weighted by Crippen LogP contribution is 2.38. The summed E-state index contributed by atoms with van der Waals surface area (Å²) in [7, 11) is -3.19. The summed E-state index contributed by atoms with van der Waals surface area (Å²) in [6.07, 6.45) is -7.22. The summed E-state index contributed by atoms with van der Waals surface area (Å²) in [5.74, 6) is -3.43. The number of carboxylic acid groups (broad SMARTS) is 1. The van der Waals surface area contributed by atoms with E-state index in [1.165, 1.54) is 7.05 Å². The summed E-state index contributed by atoms with van der Waals surface area (Å²) in [5, 5.41) is 10.6. The van der Waals surface area contributed by atoms with Crippen LogP contribution in [-0.2, 0) is 21.7 Å². The molecular weight excluding hydrogens is 420 g/mol. The van der Waals surface area contributed by atoms with E-state index in [2.05, 4.69) is 10.4 Å². The second kappa shape index (κ2) is 8.68.